The number of aromatic hydroxyl groups is 1. The fourth-order valence-electron chi connectivity index (χ4n) is 1.42. The number of aromatic nitrogens is 1. The van der Waals surface area contributed by atoms with Crippen LogP contribution < -0.4 is 0 Å². The van der Waals surface area contributed by atoms with Crippen LogP contribution in [0.15, 0.2) is 18.5 Å². The van der Waals surface area contributed by atoms with E-state index in [1.54, 1.807) is 0 Å². The van der Waals surface area contributed by atoms with E-state index in [-0.39, 0.29) is 0 Å². The molecule has 18 heavy (non-hydrogen) atoms. The summed E-state index contributed by atoms with van der Waals surface area (Å²) >= 11 is 0. The summed E-state index contributed by atoms with van der Waals surface area (Å²) in [5.41, 5.74) is -1.54. The van der Waals surface area contributed by atoms with Gasteiger partial charge >= 0.3 is 0 Å². The van der Waals surface area contributed by atoms with Crippen LogP contribution in [0.3, 0.4) is 0 Å². The Morgan fingerprint density at radius 1 is 0.778 bits per heavy atom. The summed E-state index contributed by atoms with van der Waals surface area (Å²) in [4.78, 5) is 3.40. The average Bonchev–Trinajstić information content (AvgIpc) is 2.34. The number of hydrogen-bond donors (Lipinski definition) is 1. The number of pyridine rings is 1. The molecule has 0 amide bonds. The third-order valence-corrected chi connectivity index (χ3v) is 2.22. The highest BCUT2D eigenvalue weighted by Gasteiger charge is 2.26. The van der Waals surface area contributed by atoms with Gasteiger partial charge in [0.15, 0.2) is 23.3 Å². The first-order chi connectivity index (χ1) is 8.43. The van der Waals surface area contributed by atoms with Crippen LogP contribution in [0.2, 0.25) is 0 Å². The van der Waals surface area contributed by atoms with Crippen LogP contribution in [-0.2, 0) is 0 Å². The largest absolute Gasteiger partial charge is 0.506 e. The minimum absolute atomic E-state index is 0.414. The summed E-state index contributed by atoms with van der Waals surface area (Å²) in [6.45, 7) is 0. The molecule has 0 aliphatic carbocycles. The predicted octanol–water partition coefficient (Wildman–Crippen LogP) is 3.15. The summed E-state index contributed by atoms with van der Waals surface area (Å²) in [5, 5.41) is 9.08. The number of rotatable bonds is 1. The van der Waals surface area contributed by atoms with Gasteiger partial charge in [0, 0.05) is 11.8 Å². The molecule has 0 aliphatic heterocycles. The molecule has 2 nitrogen and oxygen atoms in total. The van der Waals surface area contributed by atoms with Crippen molar-refractivity contribution in [2.45, 2.75) is 0 Å². The van der Waals surface area contributed by atoms with E-state index in [1.165, 1.54) is 0 Å². The minimum atomic E-state index is -2.23. The zero-order valence-electron chi connectivity index (χ0n) is 8.52. The molecule has 1 aromatic heterocycles. The van der Waals surface area contributed by atoms with E-state index in [9.17, 15) is 22.0 Å². The summed E-state index contributed by atoms with van der Waals surface area (Å²) < 4.78 is 65.5. The fourth-order valence-corrected chi connectivity index (χ4v) is 1.42. The maximum atomic E-state index is 13.4. The maximum Gasteiger partial charge on any atom is 0.200 e. The van der Waals surface area contributed by atoms with Crippen LogP contribution in [-0.4, -0.2) is 10.1 Å². The number of halogens is 5. The number of nitrogens with zero attached hydrogens (tertiary/aromatic N) is 1. The average molecular weight is 261 g/mol. The lowest BCUT2D eigenvalue weighted by atomic mass is 10.1. The lowest BCUT2D eigenvalue weighted by Crippen LogP contribution is -2.04. The third kappa shape index (κ3) is 1.77. The summed E-state index contributed by atoms with van der Waals surface area (Å²) in [7, 11) is 0. The van der Waals surface area contributed by atoms with Crippen LogP contribution in [0.5, 0.6) is 5.75 Å². The van der Waals surface area contributed by atoms with Crippen molar-refractivity contribution >= 4 is 0 Å². The van der Waals surface area contributed by atoms with Gasteiger partial charge in [0.25, 0.3) is 0 Å². The van der Waals surface area contributed by atoms with E-state index < -0.39 is 46.0 Å². The summed E-state index contributed by atoms with van der Waals surface area (Å²) in [6.07, 6.45) is 1.83. The lowest BCUT2D eigenvalue weighted by molar-refractivity contribution is 0.381. The van der Waals surface area contributed by atoms with E-state index in [4.69, 9.17) is 5.11 Å². The molecular formula is C11H4F5NO. The predicted molar refractivity (Wildman–Crippen MR) is 51.1 cm³/mol. The Hall–Kier alpha value is -2.18. The highest BCUT2D eigenvalue weighted by molar-refractivity contribution is 5.65. The van der Waals surface area contributed by atoms with E-state index in [1.807, 2.05) is 0 Å². The lowest BCUT2D eigenvalue weighted by Gasteiger charge is -2.08. The van der Waals surface area contributed by atoms with Gasteiger partial charge in [-0.25, -0.2) is 22.0 Å². The highest BCUT2D eigenvalue weighted by Crippen LogP contribution is 2.32. The Labute approximate surface area is 97.3 Å². The van der Waals surface area contributed by atoms with Gasteiger partial charge in [-0.1, -0.05) is 0 Å². The smallest absolute Gasteiger partial charge is 0.200 e. The van der Waals surface area contributed by atoms with Crippen molar-refractivity contribution in [3.05, 3.63) is 47.5 Å². The van der Waals surface area contributed by atoms with Crippen molar-refractivity contribution in [2.24, 2.45) is 0 Å². The van der Waals surface area contributed by atoms with Crippen molar-refractivity contribution in [1.82, 2.24) is 4.98 Å². The molecular weight excluding hydrogens is 257 g/mol. The van der Waals surface area contributed by atoms with Crippen molar-refractivity contribution in [3.63, 3.8) is 0 Å². The molecule has 0 saturated heterocycles. The Morgan fingerprint density at radius 3 is 1.78 bits per heavy atom. The van der Waals surface area contributed by atoms with Gasteiger partial charge in [0.05, 0.1) is 11.8 Å². The zero-order valence-corrected chi connectivity index (χ0v) is 8.52. The van der Waals surface area contributed by atoms with Crippen LogP contribution in [0.25, 0.3) is 11.1 Å². The summed E-state index contributed by atoms with van der Waals surface area (Å²) in [5.74, 6) is -10.7. The topological polar surface area (TPSA) is 33.1 Å². The first-order valence-corrected chi connectivity index (χ1v) is 4.59. The van der Waals surface area contributed by atoms with Gasteiger partial charge in [-0.15, -0.1) is 0 Å². The number of benzene rings is 1. The van der Waals surface area contributed by atoms with E-state index in [0.717, 1.165) is 18.5 Å². The molecule has 0 bridgehead atoms. The van der Waals surface area contributed by atoms with E-state index in [2.05, 4.69) is 4.98 Å². The second-order valence-electron chi connectivity index (χ2n) is 3.38. The Kier molecular flexibility index (Phi) is 2.90. The Morgan fingerprint density at radius 2 is 1.28 bits per heavy atom. The molecule has 0 fully saturated rings. The minimum Gasteiger partial charge on any atom is -0.506 e. The van der Waals surface area contributed by atoms with Gasteiger partial charge < -0.3 is 5.11 Å². The third-order valence-electron chi connectivity index (χ3n) is 2.22. The fraction of sp³-hybridized carbons (Fsp3) is 0. The maximum absolute atomic E-state index is 13.4. The molecule has 0 aliphatic rings. The SMILES string of the molecule is Oc1cncc(-c2c(F)c(F)c(F)c(F)c2F)c1. The van der Waals surface area contributed by atoms with Gasteiger partial charge in [-0.05, 0) is 6.07 Å². The first kappa shape index (κ1) is 12.3. The molecule has 0 saturated carbocycles. The quantitative estimate of drug-likeness (QED) is 0.486. The van der Waals surface area contributed by atoms with Crippen LogP contribution in [0.1, 0.15) is 0 Å². The molecule has 2 rings (SSSR count). The van der Waals surface area contributed by atoms with Gasteiger partial charge in [-0.2, -0.15) is 0 Å². The Bertz CT molecular complexity index is 600. The summed E-state index contributed by atoms with van der Waals surface area (Å²) in [6, 6.07) is 0.839. The van der Waals surface area contributed by atoms with Crippen LogP contribution >= 0.6 is 0 Å². The second-order valence-corrected chi connectivity index (χ2v) is 3.38. The molecule has 1 heterocycles. The Balaban J connectivity index is 2.80. The van der Waals surface area contributed by atoms with E-state index >= 15 is 0 Å². The van der Waals surface area contributed by atoms with Gasteiger partial charge in [-0.3, -0.25) is 4.98 Å². The molecule has 7 heteroatoms. The van der Waals surface area contributed by atoms with Crippen molar-refractivity contribution in [2.75, 3.05) is 0 Å². The van der Waals surface area contributed by atoms with Gasteiger partial charge in [0.2, 0.25) is 5.82 Å². The molecule has 0 spiro atoms. The molecule has 2 aromatic rings. The van der Waals surface area contributed by atoms with E-state index in [0.29, 0.717) is 0 Å². The molecule has 0 unspecified atom stereocenters. The van der Waals surface area contributed by atoms with Crippen LogP contribution in [0, 0.1) is 29.1 Å². The van der Waals surface area contributed by atoms with Crippen LogP contribution in [0.4, 0.5) is 22.0 Å². The molecule has 1 aromatic carbocycles. The molecule has 94 valence electrons. The molecule has 1 N–H and O–H groups in total. The van der Waals surface area contributed by atoms with Gasteiger partial charge in [0.1, 0.15) is 5.75 Å². The number of hydrogen-bond acceptors (Lipinski definition) is 2. The normalized spacial score (nSPS) is 10.7. The van der Waals surface area contributed by atoms with Crippen molar-refractivity contribution in [3.8, 4) is 16.9 Å². The standard InChI is InChI=1S/C11H4F5NO/c12-7-6(4-1-5(18)3-17-2-4)8(13)10(15)11(16)9(7)14/h1-3,18H. The highest BCUT2D eigenvalue weighted by atomic mass is 19.2. The zero-order chi connectivity index (χ0) is 13.4. The monoisotopic (exact) mass is 261 g/mol. The first-order valence-electron chi connectivity index (χ1n) is 4.59. The second kappa shape index (κ2) is 4.25. The van der Waals surface area contributed by atoms with Crippen molar-refractivity contribution < 1.29 is 27.1 Å². The van der Waals surface area contributed by atoms with Crippen molar-refractivity contribution in [1.29, 1.82) is 0 Å². The molecule has 0 radical (unpaired) electrons. The molecule has 0 atom stereocenters.